The van der Waals surface area contributed by atoms with Gasteiger partial charge in [-0.2, -0.15) is 0 Å². The SMILES string of the molecule is Cc1ccc(C)c(S(=O)(=O)CCCON)c1. The maximum atomic E-state index is 12.0. The van der Waals surface area contributed by atoms with Crippen molar-refractivity contribution in [1.82, 2.24) is 0 Å². The molecule has 0 fully saturated rings. The van der Waals surface area contributed by atoms with E-state index in [2.05, 4.69) is 4.84 Å². The van der Waals surface area contributed by atoms with E-state index in [0.29, 0.717) is 11.3 Å². The van der Waals surface area contributed by atoms with Crippen LogP contribution in [0.15, 0.2) is 23.1 Å². The summed E-state index contributed by atoms with van der Waals surface area (Å²) >= 11 is 0. The number of benzene rings is 1. The number of rotatable bonds is 5. The first kappa shape index (κ1) is 13.2. The second-order valence-electron chi connectivity index (χ2n) is 3.81. The molecule has 0 saturated carbocycles. The van der Waals surface area contributed by atoms with Crippen molar-refractivity contribution in [2.75, 3.05) is 12.4 Å². The van der Waals surface area contributed by atoms with E-state index in [1.807, 2.05) is 19.1 Å². The second kappa shape index (κ2) is 5.43. The summed E-state index contributed by atoms with van der Waals surface area (Å²) in [6.45, 7) is 3.93. The monoisotopic (exact) mass is 243 g/mol. The Morgan fingerprint density at radius 3 is 2.62 bits per heavy atom. The molecular formula is C11H17NO3S. The Morgan fingerprint density at radius 2 is 2.00 bits per heavy atom. The molecule has 1 rings (SSSR count). The summed E-state index contributed by atoms with van der Waals surface area (Å²) in [6, 6.07) is 5.42. The summed E-state index contributed by atoms with van der Waals surface area (Å²) in [4.78, 5) is 4.77. The van der Waals surface area contributed by atoms with Crippen LogP contribution in [0.25, 0.3) is 0 Å². The summed E-state index contributed by atoms with van der Waals surface area (Å²) in [5.41, 5.74) is 1.72. The maximum Gasteiger partial charge on any atom is 0.178 e. The minimum atomic E-state index is -3.22. The van der Waals surface area contributed by atoms with Crippen LogP contribution in [-0.2, 0) is 14.7 Å². The first-order valence-corrected chi connectivity index (χ1v) is 6.74. The van der Waals surface area contributed by atoms with Crippen molar-refractivity contribution in [3.8, 4) is 0 Å². The number of hydrogen-bond acceptors (Lipinski definition) is 4. The van der Waals surface area contributed by atoms with Crippen molar-refractivity contribution in [2.24, 2.45) is 5.90 Å². The highest BCUT2D eigenvalue weighted by Crippen LogP contribution is 2.18. The Labute approximate surface area is 96.3 Å². The van der Waals surface area contributed by atoms with Gasteiger partial charge in [0.05, 0.1) is 17.3 Å². The standard InChI is InChI=1S/C11H17NO3S/c1-9-4-5-10(2)11(8-9)16(13,14)7-3-6-15-12/h4-5,8H,3,6-7,12H2,1-2H3. The number of hydrogen-bond donors (Lipinski definition) is 1. The molecule has 0 aliphatic rings. The zero-order valence-corrected chi connectivity index (χ0v) is 10.4. The van der Waals surface area contributed by atoms with Gasteiger partial charge in [-0.3, -0.25) is 0 Å². The largest absolute Gasteiger partial charge is 0.305 e. The smallest absolute Gasteiger partial charge is 0.178 e. The quantitative estimate of drug-likeness (QED) is 0.626. The lowest BCUT2D eigenvalue weighted by Gasteiger charge is -2.08. The van der Waals surface area contributed by atoms with Gasteiger partial charge in [0, 0.05) is 0 Å². The summed E-state index contributed by atoms with van der Waals surface area (Å²) in [5, 5.41) is 0. The van der Waals surface area contributed by atoms with E-state index in [1.54, 1.807) is 13.0 Å². The van der Waals surface area contributed by atoms with Crippen LogP contribution in [0.2, 0.25) is 0 Å². The fourth-order valence-electron chi connectivity index (χ4n) is 1.48. The highest BCUT2D eigenvalue weighted by atomic mass is 32.2. The number of nitrogens with two attached hydrogens (primary N) is 1. The van der Waals surface area contributed by atoms with Gasteiger partial charge in [-0.05, 0) is 37.5 Å². The van der Waals surface area contributed by atoms with Crippen molar-refractivity contribution >= 4 is 9.84 Å². The van der Waals surface area contributed by atoms with Crippen molar-refractivity contribution < 1.29 is 13.3 Å². The molecule has 0 heterocycles. The van der Waals surface area contributed by atoms with Gasteiger partial charge in [0.25, 0.3) is 0 Å². The Morgan fingerprint density at radius 1 is 1.31 bits per heavy atom. The van der Waals surface area contributed by atoms with Crippen molar-refractivity contribution in [3.63, 3.8) is 0 Å². The van der Waals surface area contributed by atoms with Gasteiger partial charge in [-0.25, -0.2) is 14.3 Å². The van der Waals surface area contributed by atoms with E-state index >= 15 is 0 Å². The van der Waals surface area contributed by atoms with Crippen LogP contribution in [-0.4, -0.2) is 20.8 Å². The molecule has 4 nitrogen and oxygen atoms in total. The molecule has 0 bridgehead atoms. The minimum Gasteiger partial charge on any atom is -0.305 e. The van der Waals surface area contributed by atoms with Gasteiger partial charge in [-0.15, -0.1) is 0 Å². The molecule has 1 aromatic rings. The summed E-state index contributed by atoms with van der Waals surface area (Å²) in [5.74, 6) is 4.92. The van der Waals surface area contributed by atoms with Gasteiger partial charge >= 0.3 is 0 Å². The highest BCUT2D eigenvalue weighted by Gasteiger charge is 2.16. The van der Waals surface area contributed by atoms with Crippen LogP contribution in [0.3, 0.4) is 0 Å². The third kappa shape index (κ3) is 3.30. The molecule has 16 heavy (non-hydrogen) atoms. The average Bonchev–Trinajstić information content (AvgIpc) is 2.22. The first-order chi connectivity index (χ1) is 7.47. The van der Waals surface area contributed by atoms with Crippen LogP contribution in [0.5, 0.6) is 0 Å². The van der Waals surface area contributed by atoms with E-state index in [-0.39, 0.29) is 12.4 Å². The molecule has 0 spiro atoms. The normalized spacial score (nSPS) is 11.7. The lowest BCUT2D eigenvalue weighted by atomic mass is 10.2. The van der Waals surface area contributed by atoms with Gasteiger partial charge in [0.1, 0.15) is 0 Å². The second-order valence-corrected chi connectivity index (χ2v) is 5.89. The van der Waals surface area contributed by atoms with E-state index in [9.17, 15) is 8.42 Å². The molecule has 90 valence electrons. The van der Waals surface area contributed by atoms with Crippen LogP contribution in [0.4, 0.5) is 0 Å². The topological polar surface area (TPSA) is 69.4 Å². The van der Waals surface area contributed by atoms with Crippen LogP contribution < -0.4 is 5.90 Å². The van der Waals surface area contributed by atoms with Gasteiger partial charge in [0.2, 0.25) is 0 Å². The molecule has 1 aromatic carbocycles. The number of aryl methyl sites for hydroxylation is 2. The molecule has 0 aliphatic heterocycles. The van der Waals surface area contributed by atoms with Gasteiger partial charge in [0.15, 0.2) is 9.84 Å². The summed E-state index contributed by atoms with van der Waals surface area (Å²) in [7, 11) is -3.22. The summed E-state index contributed by atoms with van der Waals surface area (Å²) < 4.78 is 24.0. The first-order valence-electron chi connectivity index (χ1n) is 5.09. The van der Waals surface area contributed by atoms with Gasteiger partial charge < -0.3 is 4.84 Å². The highest BCUT2D eigenvalue weighted by molar-refractivity contribution is 7.91. The molecule has 0 amide bonds. The maximum absolute atomic E-state index is 12.0. The number of sulfone groups is 1. The Bertz CT molecular complexity index is 454. The molecular weight excluding hydrogens is 226 g/mol. The zero-order chi connectivity index (χ0) is 12.2. The molecule has 0 unspecified atom stereocenters. The van der Waals surface area contributed by atoms with E-state index in [4.69, 9.17) is 5.90 Å². The Balaban J connectivity index is 2.93. The van der Waals surface area contributed by atoms with Crippen molar-refractivity contribution in [1.29, 1.82) is 0 Å². The molecule has 0 aromatic heterocycles. The Hall–Kier alpha value is -0.910. The molecule has 0 aliphatic carbocycles. The van der Waals surface area contributed by atoms with Gasteiger partial charge in [-0.1, -0.05) is 12.1 Å². The van der Waals surface area contributed by atoms with E-state index in [1.165, 1.54) is 0 Å². The predicted octanol–water partition coefficient (Wildman–Crippen LogP) is 1.36. The third-order valence-corrected chi connectivity index (χ3v) is 4.29. The molecule has 5 heteroatoms. The molecule has 2 N–H and O–H groups in total. The lowest BCUT2D eigenvalue weighted by Crippen LogP contribution is -2.12. The van der Waals surface area contributed by atoms with E-state index < -0.39 is 9.84 Å². The fraction of sp³-hybridized carbons (Fsp3) is 0.455. The zero-order valence-electron chi connectivity index (χ0n) is 9.56. The van der Waals surface area contributed by atoms with Crippen molar-refractivity contribution in [2.45, 2.75) is 25.2 Å². The fourth-order valence-corrected chi connectivity index (χ4v) is 3.13. The van der Waals surface area contributed by atoms with Crippen LogP contribution >= 0.6 is 0 Å². The molecule has 0 radical (unpaired) electrons. The molecule has 0 atom stereocenters. The Kier molecular flexibility index (Phi) is 4.46. The van der Waals surface area contributed by atoms with Crippen molar-refractivity contribution in [3.05, 3.63) is 29.3 Å². The lowest BCUT2D eigenvalue weighted by molar-refractivity contribution is 0.139. The molecule has 0 saturated heterocycles. The van der Waals surface area contributed by atoms with Crippen LogP contribution in [0.1, 0.15) is 17.5 Å². The average molecular weight is 243 g/mol. The predicted molar refractivity (Wildman–Crippen MR) is 62.7 cm³/mol. The van der Waals surface area contributed by atoms with Crippen LogP contribution in [0, 0.1) is 13.8 Å². The third-order valence-electron chi connectivity index (χ3n) is 2.35. The summed E-state index contributed by atoms with van der Waals surface area (Å²) in [6.07, 6.45) is 0.409. The van der Waals surface area contributed by atoms with E-state index in [0.717, 1.165) is 11.1 Å². The minimum absolute atomic E-state index is 0.0640.